The Morgan fingerprint density at radius 3 is 2.75 bits per heavy atom. The number of nitro groups is 1. The number of nitrogens with zero attached hydrogens (tertiary/aromatic N) is 1. The second-order valence-electron chi connectivity index (χ2n) is 6.35. The molecule has 0 unspecified atom stereocenters. The first-order chi connectivity index (χ1) is 13.4. The Bertz CT molecular complexity index is 910. The van der Waals surface area contributed by atoms with E-state index in [0.29, 0.717) is 17.9 Å². The standard InChI is InChI=1S/C20H21NO7/c1-4-26-18-9-14-7-12(2)28-19(14)10-15(18)11-27-20(22)13-5-6-17(25-3)16(8-13)21(23)24/h5-6,8-10,12H,4,7,11H2,1-3H3/t12-/m1/s1. The van der Waals surface area contributed by atoms with Crippen LogP contribution in [0, 0.1) is 10.1 Å². The molecule has 0 fully saturated rings. The summed E-state index contributed by atoms with van der Waals surface area (Å²) < 4.78 is 21.7. The van der Waals surface area contributed by atoms with Gasteiger partial charge in [-0.2, -0.15) is 0 Å². The van der Waals surface area contributed by atoms with Crippen LogP contribution in [0.15, 0.2) is 30.3 Å². The van der Waals surface area contributed by atoms with Crippen LogP contribution < -0.4 is 14.2 Å². The summed E-state index contributed by atoms with van der Waals surface area (Å²) >= 11 is 0. The normalized spacial score (nSPS) is 14.8. The average Bonchev–Trinajstić information content (AvgIpc) is 3.04. The average molecular weight is 387 g/mol. The molecule has 2 aromatic rings. The fraction of sp³-hybridized carbons (Fsp3) is 0.350. The third-order valence-corrected chi connectivity index (χ3v) is 4.35. The SMILES string of the molecule is CCOc1cc2c(cc1COC(=O)c1ccc(OC)c([N+](=O)[O-])c1)O[C@H](C)C2. The maximum Gasteiger partial charge on any atom is 0.338 e. The zero-order valence-corrected chi connectivity index (χ0v) is 15.9. The molecule has 0 N–H and O–H groups in total. The van der Waals surface area contributed by atoms with Crippen LogP contribution in [0.25, 0.3) is 0 Å². The van der Waals surface area contributed by atoms with Crippen molar-refractivity contribution in [3.05, 3.63) is 57.1 Å². The first kappa shape index (κ1) is 19.5. The summed E-state index contributed by atoms with van der Waals surface area (Å²) in [5.41, 5.74) is 1.49. The molecule has 0 bridgehead atoms. The summed E-state index contributed by atoms with van der Waals surface area (Å²) in [5.74, 6) is 0.780. The molecular weight excluding hydrogens is 366 g/mol. The van der Waals surface area contributed by atoms with Gasteiger partial charge in [-0.1, -0.05) is 0 Å². The maximum atomic E-state index is 12.4. The monoisotopic (exact) mass is 387 g/mol. The number of methoxy groups -OCH3 is 1. The molecule has 3 rings (SSSR count). The molecule has 0 saturated heterocycles. The molecule has 2 aromatic carbocycles. The van der Waals surface area contributed by atoms with Crippen molar-refractivity contribution < 1.29 is 28.7 Å². The van der Waals surface area contributed by atoms with Crippen LogP contribution in [-0.4, -0.2) is 30.7 Å². The van der Waals surface area contributed by atoms with Crippen molar-refractivity contribution in [1.29, 1.82) is 0 Å². The van der Waals surface area contributed by atoms with Gasteiger partial charge in [0.15, 0.2) is 5.75 Å². The summed E-state index contributed by atoms with van der Waals surface area (Å²) in [4.78, 5) is 22.9. The van der Waals surface area contributed by atoms with Crippen LogP contribution in [0.4, 0.5) is 5.69 Å². The minimum absolute atomic E-state index is 0.0426. The van der Waals surface area contributed by atoms with Gasteiger partial charge in [0.25, 0.3) is 0 Å². The number of carbonyl (C=O) groups is 1. The first-order valence-corrected chi connectivity index (χ1v) is 8.87. The number of ether oxygens (including phenoxy) is 4. The van der Waals surface area contributed by atoms with Gasteiger partial charge in [-0.25, -0.2) is 4.79 Å². The number of benzene rings is 2. The molecule has 28 heavy (non-hydrogen) atoms. The van der Waals surface area contributed by atoms with E-state index in [1.165, 1.54) is 19.2 Å². The molecule has 0 radical (unpaired) electrons. The molecule has 1 aliphatic heterocycles. The second-order valence-corrected chi connectivity index (χ2v) is 6.35. The van der Waals surface area contributed by atoms with Gasteiger partial charge >= 0.3 is 11.7 Å². The highest BCUT2D eigenvalue weighted by Gasteiger charge is 2.23. The van der Waals surface area contributed by atoms with Gasteiger partial charge in [-0.05, 0) is 38.1 Å². The molecule has 1 atom stereocenters. The van der Waals surface area contributed by atoms with E-state index in [1.54, 1.807) is 0 Å². The fourth-order valence-electron chi connectivity index (χ4n) is 3.07. The Balaban J connectivity index is 1.79. The minimum Gasteiger partial charge on any atom is -0.493 e. The van der Waals surface area contributed by atoms with E-state index in [2.05, 4.69) is 0 Å². The predicted molar refractivity (Wildman–Crippen MR) is 100 cm³/mol. The van der Waals surface area contributed by atoms with Crippen molar-refractivity contribution >= 4 is 11.7 Å². The highest BCUT2D eigenvalue weighted by Crippen LogP contribution is 2.35. The molecule has 8 nitrogen and oxygen atoms in total. The van der Waals surface area contributed by atoms with Crippen molar-refractivity contribution in [1.82, 2.24) is 0 Å². The lowest BCUT2D eigenvalue weighted by Gasteiger charge is -2.13. The number of carbonyl (C=O) groups excluding carboxylic acids is 1. The quantitative estimate of drug-likeness (QED) is 0.406. The number of rotatable bonds is 7. The Kier molecular flexibility index (Phi) is 5.67. The first-order valence-electron chi connectivity index (χ1n) is 8.87. The van der Waals surface area contributed by atoms with Crippen molar-refractivity contribution in [2.24, 2.45) is 0 Å². The molecule has 8 heteroatoms. The Morgan fingerprint density at radius 1 is 1.29 bits per heavy atom. The molecule has 0 saturated carbocycles. The molecular formula is C20H21NO7. The largest absolute Gasteiger partial charge is 0.493 e. The van der Waals surface area contributed by atoms with Crippen molar-refractivity contribution in [3.63, 3.8) is 0 Å². The highest BCUT2D eigenvalue weighted by molar-refractivity contribution is 5.90. The van der Waals surface area contributed by atoms with E-state index in [4.69, 9.17) is 18.9 Å². The lowest BCUT2D eigenvalue weighted by Crippen LogP contribution is -2.08. The molecule has 1 aliphatic rings. The number of fused-ring (bicyclic) bond motifs is 1. The van der Waals surface area contributed by atoms with Crippen LogP contribution in [0.1, 0.15) is 35.3 Å². The minimum atomic E-state index is -0.678. The van der Waals surface area contributed by atoms with Crippen LogP contribution in [0.3, 0.4) is 0 Å². The predicted octanol–water partition coefficient (Wildman–Crippen LogP) is 3.68. The maximum absolute atomic E-state index is 12.4. The third kappa shape index (κ3) is 4.00. The van der Waals surface area contributed by atoms with Gasteiger partial charge in [-0.3, -0.25) is 10.1 Å². The van der Waals surface area contributed by atoms with E-state index in [0.717, 1.165) is 23.8 Å². The molecule has 0 aromatic heterocycles. The van der Waals surface area contributed by atoms with E-state index in [9.17, 15) is 14.9 Å². The molecule has 148 valence electrons. The Hall–Kier alpha value is -3.29. The summed E-state index contributed by atoms with van der Waals surface area (Å²) in [7, 11) is 1.33. The van der Waals surface area contributed by atoms with Gasteiger partial charge in [0, 0.05) is 23.6 Å². The van der Waals surface area contributed by atoms with Gasteiger partial charge in [0.1, 0.15) is 24.2 Å². The van der Waals surface area contributed by atoms with Gasteiger partial charge < -0.3 is 18.9 Å². The third-order valence-electron chi connectivity index (χ3n) is 4.35. The summed E-state index contributed by atoms with van der Waals surface area (Å²) in [6, 6.07) is 7.64. The summed E-state index contributed by atoms with van der Waals surface area (Å²) in [6.07, 6.45) is 0.882. The molecule has 1 heterocycles. The Morgan fingerprint density at radius 2 is 2.07 bits per heavy atom. The van der Waals surface area contributed by atoms with E-state index in [1.807, 2.05) is 26.0 Å². The molecule has 0 amide bonds. The zero-order valence-electron chi connectivity index (χ0n) is 15.9. The van der Waals surface area contributed by atoms with Crippen LogP contribution in [0.2, 0.25) is 0 Å². The van der Waals surface area contributed by atoms with Gasteiger partial charge in [0.2, 0.25) is 0 Å². The zero-order chi connectivity index (χ0) is 20.3. The van der Waals surface area contributed by atoms with Crippen molar-refractivity contribution in [2.75, 3.05) is 13.7 Å². The van der Waals surface area contributed by atoms with Crippen LogP contribution >= 0.6 is 0 Å². The summed E-state index contributed by atoms with van der Waals surface area (Å²) in [5, 5.41) is 11.1. The Labute approximate surface area is 162 Å². The van der Waals surface area contributed by atoms with Crippen LogP contribution in [0.5, 0.6) is 17.2 Å². The van der Waals surface area contributed by atoms with E-state index >= 15 is 0 Å². The lowest BCUT2D eigenvalue weighted by molar-refractivity contribution is -0.385. The lowest BCUT2D eigenvalue weighted by atomic mass is 10.1. The van der Waals surface area contributed by atoms with Gasteiger partial charge in [0.05, 0.1) is 24.2 Å². The van der Waals surface area contributed by atoms with E-state index < -0.39 is 10.9 Å². The topological polar surface area (TPSA) is 97.1 Å². The fourth-order valence-corrected chi connectivity index (χ4v) is 3.07. The second kappa shape index (κ2) is 8.16. The number of hydrogen-bond donors (Lipinski definition) is 0. The highest BCUT2D eigenvalue weighted by atomic mass is 16.6. The number of hydrogen-bond acceptors (Lipinski definition) is 7. The molecule has 0 spiro atoms. The number of esters is 1. The van der Waals surface area contributed by atoms with E-state index in [-0.39, 0.29) is 29.7 Å². The van der Waals surface area contributed by atoms with Crippen molar-refractivity contribution in [2.45, 2.75) is 33.0 Å². The molecule has 0 aliphatic carbocycles. The number of nitro benzene ring substituents is 1. The summed E-state index contributed by atoms with van der Waals surface area (Å²) in [6.45, 7) is 4.29. The van der Waals surface area contributed by atoms with Gasteiger partial charge in [-0.15, -0.1) is 0 Å². The van der Waals surface area contributed by atoms with Crippen molar-refractivity contribution in [3.8, 4) is 17.2 Å². The van der Waals surface area contributed by atoms with Crippen LogP contribution in [-0.2, 0) is 17.8 Å². The smallest absolute Gasteiger partial charge is 0.338 e.